The number of halogens is 2. The van der Waals surface area contributed by atoms with Crippen molar-refractivity contribution in [1.29, 1.82) is 0 Å². The molecule has 0 heterocycles. The summed E-state index contributed by atoms with van der Waals surface area (Å²) in [6.07, 6.45) is 3.00. The van der Waals surface area contributed by atoms with E-state index in [0.717, 1.165) is 5.56 Å². The summed E-state index contributed by atoms with van der Waals surface area (Å²) in [6, 6.07) is 5.14. The molecule has 92 valence electrons. The van der Waals surface area contributed by atoms with Crippen molar-refractivity contribution in [2.24, 2.45) is 0 Å². The Labute approximate surface area is 111 Å². The molecule has 0 saturated heterocycles. The van der Waals surface area contributed by atoms with E-state index in [0.29, 0.717) is 10.0 Å². The minimum absolute atomic E-state index is 0.386. The van der Waals surface area contributed by atoms with Gasteiger partial charge >= 0.3 is 5.97 Å². The fourth-order valence-electron chi connectivity index (χ4n) is 1.12. The van der Waals surface area contributed by atoms with Crippen LogP contribution in [0.15, 0.2) is 24.3 Å². The SMILES string of the molecule is CC(C)(C)OC(=O)/C=C/c1ccc(Cl)c(Cl)c1. The average Bonchev–Trinajstić information content (AvgIpc) is 2.17. The van der Waals surface area contributed by atoms with Crippen molar-refractivity contribution in [3.05, 3.63) is 39.9 Å². The molecule has 0 aliphatic rings. The van der Waals surface area contributed by atoms with Crippen LogP contribution >= 0.6 is 23.2 Å². The molecule has 0 aromatic heterocycles. The predicted octanol–water partition coefficient (Wildman–Crippen LogP) is 4.35. The van der Waals surface area contributed by atoms with Crippen molar-refractivity contribution in [2.45, 2.75) is 26.4 Å². The zero-order valence-electron chi connectivity index (χ0n) is 9.96. The van der Waals surface area contributed by atoms with Crippen LogP contribution in [0.25, 0.3) is 6.08 Å². The van der Waals surface area contributed by atoms with E-state index in [1.807, 2.05) is 20.8 Å². The molecule has 0 spiro atoms. The highest BCUT2D eigenvalue weighted by Gasteiger charge is 2.13. The van der Waals surface area contributed by atoms with Crippen molar-refractivity contribution >= 4 is 35.2 Å². The van der Waals surface area contributed by atoms with Crippen molar-refractivity contribution in [3.8, 4) is 0 Å². The van der Waals surface area contributed by atoms with Gasteiger partial charge in [0.1, 0.15) is 5.60 Å². The maximum absolute atomic E-state index is 11.4. The topological polar surface area (TPSA) is 26.3 Å². The summed E-state index contributed by atoms with van der Waals surface area (Å²) in [5, 5.41) is 0.944. The van der Waals surface area contributed by atoms with Gasteiger partial charge < -0.3 is 4.74 Å². The number of ether oxygens (including phenoxy) is 1. The van der Waals surface area contributed by atoms with Crippen LogP contribution in [0, 0.1) is 0 Å². The van der Waals surface area contributed by atoms with Gasteiger partial charge in [-0.25, -0.2) is 4.79 Å². The second-order valence-corrected chi connectivity index (χ2v) is 5.35. The lowest BCUT2D eigenvalue weighted by atomic mass is 10.2. The molecule has 1 rings (SSSR count). The van der Waals surface area contributed by atoms with Gasteiger partial charge in [0, 0.05) is 6.08 Å². The molecule has 0 radical (unpaired) electrons. The van der Waals surface area contributed by atoms with Crippen LogP contribution < -0.4 is 0 Å². The second kappa shape index (κ2) is 5.56. The third-order valence-corrected chi connectivity index (χ3v) is 2.50. The number of rotatable bonds is 2. The van der Waals surface area contributed by atoms with E-state index in [-0.39, 0.29) is 5.97 Å². The highest BCUT2D eigenvalue weighted by atomic mass is 35.5. The van der Waals surface area contributed by atoms with Gasteiger partial charge in [-0.2, -0.15) is 0 Å². The van der Waals surface area contributed by atoms with Crippen LogP contribution in [0.5, 0.6) is 0 Å². The minimum Gasteiger partial charge on any atom is -0.457 e. The normalized spacial score (nSPS) is 11.8. The van der Waals surface area contributed by atoms with E-state index in [1.165, 1.54) is 6.08 Å². The summed E-state index contributed by atoms with van der Waals surface area (Å²) in [4.78, 5) is 11.4. The maximum atomic E-state index is 11.4. The summed E-state index contributed by atoms with van der Waals surface area (Å²) in [6.45, 7) is 5.45. The van der Waals surface area contributed by atoms with Crippen LogP contribution in [0.2, 0.25) is 10.0 Å². The van der Waals surface area contributed by atoms with Gasteiger partial charge in [-0.05, 0) is 44.5 Å². The number of benzene rings is 1. The summed E-state index contributed by atoms with van der Waals surface area (Å²) < 4.78 is 5.13. The van der Waals surface area contributed by atoms with E-state index in [9.17, 15) is 4.79 Å². The van der Waals surface area contributed by atoms with Gasteiger partial charge in [0.05, 0.1) is 10.0 Å². The van der Waals surface area contributed by atoms with E-state index in [2.05, 4.69) is 0 Å². The molecule has 4 heteroatoms. The predicted molar refractivity (Wildman–Crippen MR) is 71.3 cm³/mol. The van der Waals surface area contributed by atoms with Crippen LogP contribution in [-0.2, 0) is 9.53 Å². The number of hydrogen-bond acceptors (Lipinski definition) is 2. The number of carbonyl (C=O) groups is 1. The third-order valence-electron chi connectivity index (χ3n) is 1.76. The molecule has 1 aromatic rings. The first-order valence-electron chi connectivity index (χ1n) is 5.14. The van der Waals surface area contributed by atoms with Crippen molar-refractivity contribution in [1.82, 2.24) is 0 Å². The lowest BCUT2D eigenvalue weighted by Crippen LogP contribution is -2.22. The van der Waals surface area contributed by atoms with Crippen LogP contribution in [-0.4, -0.2) is 11.6 Å². The minimum atomic E-state index is -0.487. The van der Waals surface area contributed by atoms with Crippen molar-refractivity contribution < 1.29 is 9.53 Å². The highest BCUT2D eigenvalue weighted by Crippen LogP contribution is 2.23. The van der Waals surface area contributed by atoms with Crippen LogP contribution in [0.1, 0.15) is 26.3 Å². The zero-order chi connectivity index (χ0) is 13.1. The molecule has 0 aliphatic heterocycles. The summed E-state index contributed by atoms with van der Waals surface area (Å²) >= 11 is 11.6. The molecule has 0 N–H and O–H groups in total. The van der Waals surface area contributed by atoms with Crippen molar-refractivity contribution in [2.75, 3.05) is 0 Å². The van der Waals surface area contributed by atoms with Gasteiger partial charge in [-0.15, -0.1) is 0 Å². The number of carbonyl (C=O) groups excluding carboxylic acids is 1. The molecule has 0 bridgehead atoms. The Kier molecular flexibility index (Phi) is 4.61. The molecule has 0 atom stereocenters. The second-order valence-electron chi connectivity index (χ2n) is 4.54. The van der Waals surface area contributed by atoms with E-state index >= 15 is 0 Å². The average molecular weight is 273 g/mol. The van der Waals surface area contributed by atoms with E-state index in [1.54, 1.807) is 24.3 Å². The van der Waals surface area contributed by atoms with Gasteiger partial charge in [0.2, 0.25) is 0 Å². The fraction of sp³-hybridized carbons (Fsp3) is 0.308. The summed E-state index contributed by atoms with van der Waals surface area (Å²) in [5.41, 5.74) is 0.309. The molecule has 1 aromatic carbocycles. The quantitative estimate of drug-likeness (QED) is 0.591. The third kappa shape index (κ3) is 5.24. The summed E-state index contributed by atoms with van der Waals surface area (Å²) in [7, 11) is 0. The number of esters is 1. The van der Waals surface area contributed by atoms with Crippen LogP contribution in [0.4, 0.5) is 0 Å². The Morgan fingerprint density at radius 3 is 2.41 bits per heavy atom. The first kappa shape index (κ1) is 14.1. The Balaban J connectivity index is 2.71. The maximum Gasteiger partial charge on any atom is 0.331 e. The van der Waals surface area contributed by atoms with Gasteiger partial charge in [0.25, 0.3) is 0 Å². The molecular weight excluding hydrogens is 259 g/mol. The Bertz CT molecular complexity index is 445. The van der Waals surface area contributed by atoms with Gasteiger partial charge in [-0.3, -0.25) is 0 Å². The smallest absolute Gasteiger partial charge is 0.331 e. The van der Waals surface area contributed by atoms with Gasteiger partial charge in [-0.1, -0.05) is 29.3 Å². The lowest BCUT2D eigenvalue weighted by molar-refractivity contribution is -0.148. The first-order chi connectivity index (χ1) is 7.78. The lowest BCUT2D eigenvalue weighted by Gasteiger charge is -2.17. The fourth-order valence-corrected chi connectivity index (χ4v) is 1.42. The van der Waals surface area contributed by atoms with E-state index in [4.69, 9.17) is 27.9 Å². The Hall–Kier alpha value is -0.990. The molecule has 0 aliphatic carbocycles. The molecule has 0 amide bonds. The molecule has 0 fully saturated rings. The highest BCUT2D eigenvalue weighted by molar-refractivity contribution is 6.42. The molecular formula is C13H14Cl2O2. The van der Waals surface area contributed by atoms with E-state index < -0.39 is 5.60 Å². The number of hydrogen-bond donors (Lipinski definition) is 0. The Morgan fingerprint density at radius 1 is 1.24 bits per heavy atom. The Morgan fingerprint density at radius 2 is 1.88 bits per heavy atom. The van der Waals surface area contributed by atoms with Crippen LogP contribution in [0.3, 0.4) is 0 Å². The summed E-state index contributed by atoms with van der Waals surface area (Å²) in [5.74, 6) is -0.386. The van der Waals surface area contributed by atoms with Gasteiger partial charge in [0.15, 0.2) is 0 Å². The van der Waals surface area contributed by atoms with Crippen molar-refractivity contribution in [3.63, 3.8) is 0 Å². The molecule has 0 unspecified atom stereocenters. The standard InChI is InChI=1S/C13H14Cl2O2/c1-13(2,3)17-12(16)7-5-9-4-6-10(14)11(15)8-9/h4-8H,1-3H3/b7-5+. The molecule has 17 heavy (non-hydrogen) atoms. The zero-order valence-corrected chi connectivity index (χ0v) is 11.5. The molecule has 0 saturated carbocycles. The largest absolute Gasteiger partial charge is 0.457 e. The monoisotopic (exact) mass is 272 g/mol. The first-order valence-corrected chi connectivity index (χ1v) is 5.89. The molecule has 2 nitrogen and oxygen atoms in total.